The van der Waals surface area contributed by atoms with Gasteiger partial charge in [0.1, 0.15) is 5.01 Å². The first kappa shape index (κ1) is 12.4. The van der Waals surface area contributed by atoms with E-state index in [1.807, 2.05) is 4.52 Å². The highest BCUT2D eigenvalue weighted by atomic mass is 32.1. The number of nitrogens with two attached hydrogens (primary N) is 1. The zero-order chi connectivity index (χ0) is 12.6. The Kier molecular flexibility index (Phi) is 3.44. The normalized spacial score (nSPS) is 15.6. The van der Waals surface area contributed by atoms with Gasteiger partial charge < -0.3 is 5.73 Å². The number of nitrogens with zero attached hydrogens (tertiary/aromatic N) is 4. The van der Waals surface area contributed by atoms with Crippen molar-refractivity contribution in [1.29, 1.82) is 0 Å². The topological polar surface area (TPSA) is 69.1 Å². The maximum absolute atomic E-state index is 6.18. The molecule has 0 aliphatic carbocycles. The number of hydrogen-bond donors (Lipinski definition) is 1. The van der Waals surface area contributed by atoms with Crippen LogP contribution in [-0.4, -0.2) is 19.8 Å². The van der Waals surface area contributed by atoms with E-state index in [9.17, 15) is 0 Å². The monoisotopic (exact) mass is 253 g/mol. The molecule has 0 amide bonds. The van der Waals surface area contributed by atoms with E-state index < -0.39 is 0 Å². The van der Waals surface area contributed by atoms with E-state index in [-0.39, 0.29) is 6.04 Å². The SMILES string of the molecule is CCC(C)C(N)c1nn2c(C(C)C)nnc2s1. The highest BCUT2D eigenvalue weighted by Gasteiger charge is 2.20. The first-order valence-corrected chi connectivity index (χ1v) is 6.83. The highest BCUT2D eigenvalue weighted by Crippen LogP contribution is 2.27. The Morgan fingerprint density at radius 1 is 1.29 bits per heavy atom. The van der Waals surface area contributed by atoms with Crippen molar-refractivity contribution in [3.05, 3.63) is 10.8 Å². The third-order valence-electron chi connectivity index (χ3n) is 3.09. The van der Waals surface area contributed by atoms with E-state index in [1.165, 1.54) is 0 Å². The Labute approximate surface area is 105 Å². The molecular weight excluding hydrogens is 234 g/mol. The molecule has 2 atom stereocenters. The van der Waals surface area contributed by atoms with Gasteiger partial charge in [0, 0.05) is 5.92 Å². The van der Waals surface area contributed by atoms with Crippen molar-refractivity contribution in [1.82, 2.24) is 19.8 Å². The summed E-state index contributed by atoms with van der Waals surface area (Å²) in [7, 11) is 0. The van der Waals surface area contributed by atoms with Crippen molar-refractivity contribution in [2.45, 2.75) is 46.1 Å². The fourth-order valence-electron chi connectivity index (χ4n) is 1.64. The Balaban J connectivity index is 2.38. The zero-order valence-corrected chi connectivity index (χ0v) is 11.5. The van der Waals surface area contributed by atoms with Gasteiger partial charge in [-0.25, -0.2) is 0 Å². The van der Waals surface area contributed by atoms with E-state index >= 15 is 0 Å². The maximum Gasteiger partial charge on any atom is 0.234 e. The Hall–Kier alpha value is -1.01. The van der Waals surface area contributed by atoms with Gasteiger partial charge >= 0.3 is 0 Å². The minimum absolute atomic E-state index is 0.00767. The average molecular weight is 253 g/mol. The minimum atomic E-state index is -0.00767. The molecule has 0 saturated heterocycles. The number of hydrogen-bond acceptors (Lipinski definition) is 5. The summed E-state index contributed by atoms with van der Waals surface area (Å²) < 4.78 is 1.83. The molecule has 0 aromatic carbocycles. The molecule has 0 radical (unpaired) electrons. The van der Waals surface area contributed by atoms with Gasteiger partial charge in [-0.1, -0.05) is 45.5 Å². The summed E-state index contributed by atoms with van der Waals surface area (Å²) in [5, 5.41) is 13.8. The third kappa shape index (κ3) is 2.19. The molecule has 0 bridgehead atoms. The highest BCUT2D eigenvalue weighted by molar-refractivity contribution is 7.16. The van der Waals surface area contributed by atoms with E-state index in [4.69, 9.17) is 5.73 Å². The second kappa shape index (κ2) is 4.70. The molecule has 94 valence electrons. The van der Waals surface area contributed by atoms with Crippen LogP contribution in [0.1, 0.15) is 56.9 Å². The van der Waals surface area contributed by atoms with E-state index in [2.05, 4.69) is 43.0 Å². The first-order valence-electron chi connectivity index (χ1n) is 6.02. The molecule has 5 nitrogen and oxygen atoms in total. The van der Waals surface area contributed by atoms with Gasteiger partial charge in [0.05, 0.1) is 6.04 Å². The summed E-state index contributed by atoms with van der Waals surface area (Å²) in [6.07, 6.45) is 1.05. The summed E-state index contributed by atoms with van der Waals surface area (Å²) in [4.78, 5) is 0.836. The number of fused-ring (bicyclic) bond motifs is 1. The van der Waals surface area contributed by atoms with Crippen molar-refractivity contribution in [3.63, 3.8) is 0 Å². The fourth-order valence-corrected chi connectivity index (χ4v) is 2.62. The summed E-state index contributed by atoms with van der Waals surface area (Å²) >= 11 is 1.54. The Morgan fingerprint density at radius 3 is 2.59 bits per heavy atom. The summed E-state index contributed by atoms with van der Waals surface area (Å²) in [6.45, 7) is 8.47. The molecule has 17 heavy (non-hydrogen) atoms. The Morgan fingerprint density at radius 2 is 2.00 bits per heavy atom. The fraction of sp³-hybridized carbons (Fsp3) is 0.727. The van der Waals surface area contributed by atoms with E-state index in [0.717, 1.165) is 22.2 Å². The zero-order valence-electron chi connectivity index (χ0n) is 10.7. The van der Waals surface area contributed by atoms with Crippen LogP contribution in [-0.2, 0) is 0 Å². The van der Waals surface area contributed by atoms with Gasteiger partial charge in [-0.05, 0) is 5.92 Å². The van der Waals surface area contributed by atoms with Crippen LogP contribution in [0.3, 0.4) is 0 Å². The van der Waals surface area contributed by atoms with Gasteiger partial charge in [-0.15, -0.1) is 10.2 Å². The van der Waals surface area contributed by atoms with Gasteiger partial charge in [-0.3, -0.25) is 0 Å². The molecule has 2 unspecified atom stereocenters. The van der Waals surface area contributed by atoms with E-state index in [0.29, 0.717) is 11.8 Å². The van der Waals surface area contributed by atoms with Crippen molar-refractivity contribution in [3.8, 4) is 0 Å². The minimum Gasteiger partial charge on any atom is -0.322 e. The first-order chi connectivity index (χ1) is 8.04. The van der Waals surface area contributed by atoms with Crippen molar-refractivity contribution < 1.29 is 0 Å². The second-order valence-electron chi connectivity index (χ2n) is 4.76. The van der Waals surface area contributed by atoms with Crippen LogP contribution in [0.15, 0.2) is 0 Å². The largest absolute Gasteiger partial charge is 0.322 e. The third-order valence-corrected chi connectivity index (χ3v) is 4.09. The molecule has 2 N–H and O–H groups in total. The quantitative estimate of drug-likeness (QED) is 0.908. The second-order valence-corrected chi connectivity index (χ2v) is 5.75. The molecule has 2 aromatic heterocycles. The summed E-state index contributed by atoms with van der Waals surface area (Å²) in [5.41, 5.74) is 6.18. The van der Waals surface area contributed by atoms with Gasteiger partial charge in [0.25, 0.3) is 0 Å². The lowest BCUT2D eigenvalue weighted by Crippen LogP contribution is -2.18. The predicted molar refractivity (Wildman–Crippen MR) is 69.1 cm³/mol. The predicted octanol–water partition coefficient (Wildman–Crippen LogP) is 2.36. The smallest absolute Gasteiger partial charge is 0.234 e. The molecule has 0 fully saturated rings. The number of aromatic nitrogens is 4. The summed E-state index contributed by atoms with van der Waals surface area (Å²) in [5.74, 6) is 1.65. The van der Waals surface area contributed by atoms with Gasteiger partial charge in [0.2, 0.25) is 4.96 Å². The maximum atomic E-state index is 6.18. The number of rotatable bonds is 4. The summed E-state index contributed by atoms with van der Waals surface area (Å²) in [6, 6.07) is -0.00767. The molecule has 2 heterocycles. The lowest BCUT2D eigenvalue weighted by molar-refractivity contribution is 0.451. The van der Waals surface area contributed by atoms with Crippen molar-refractivity contribution >= 4 is 16.3 Å². The molecule has 0 aliphatic heterocycles. The molecule has 6 heteroatoms. The lowest BCUT2D eigenvalue weighted by atomic mass is 10.0. The van der Waals surface area contributed by atoms with Gasteiger partial charge in [0.15, 0.2) is 5.82 Å². The van der Waals surface area contributed by atoms with Crippen LogP contribution in [0, 0.1) is 5.92 Å². The molecular formula is C11H19N5S. The van der Waals surface area contributed by atoms with Crippen LogP contribution in [0.2, 0.25) is 0 Å². The standard InChI is InChI=1S/C11H19N5S/c1-5-7(4)8(12)10-15-16-9(6(2)3)13-14-11(16)17-10/h6-8H,5,12H2,1-4H3. The van der Waals surface area contributed by atoms with Crippen LogP contribution in [0.25, 0.3) is 4.96 Å². The van der Waals surface area contributed by atoms with Crippen LogP contribution in [0.5, 0.6) is 0 Å². The van der Waals surface area contributed by atoms with Crippen LogP contribution in [0.4, 0.5) is 0 Å². The van der Waals surface area contributed by atoms with Crippen molar-refractivity contribution in [2.24, 2.45) is 11.7 Å². The van der Waals surface area contributed by atoms with Crippen LogP contribution < -0.4 is 5.73 Å². The van der Waals surface area contributed by atoms with E-state index in [1.54, 1.807) is 11.3 Å². The van der Waals surface area contributed by atoms with Crippen molar-refractivity contribution in [2.75, 3.05) is 0 Å². The lowest BCUT2D eigenvalue weighted by Gasteiger charge is -2.14. The molecule has 2 rings (SSSR count). The molecule has 0 spiro atoms. The van der Waals surface area contributed by atoms with Crippen LogP contribution >= 0.6 is 11.3 Å². The molecule has 0 saturated carbocycles. The Bertz CT molecular complexity index is 501. The average Bonchev–Trinajstić information content (AvgIpc) is 2.85. The molecule has 0 aliphatic rings. The van der Waals surface area contributed by atoms with Gasteiger partial charge in [-0.2, -0.15) is 9.61 Å². The molecule has 2 aromatic rings.